The summed E-state index contributed by atoms with van der Waals surface area (Å²) in [6.45, 7) is 3.55. The van der Waals surface area contributed by atoms with Gasteiger partial charge in [-0.2, -0.15) is 0 Å². The summed E-state index contributed by atoms with van der Waals surface area (Å²) < 4.78 is 7.72. The summed E-state index contributed by atoms with van der Waals surface area (Å²) in [5, 5.41) is 11.2. The fourth-order valence-electron chi connectivity index (χ4n) is 2.60. The van der Waals surface area contributed by atoms with Crippen molar-refractivity contribution in [1.82, 2.24) is 20.3 Å². The van der Waals surface area contributed by atoms with Gasteiger partial charge in [0.2, 0.25) is 0 Å². The molecule has 0 aliphatic carbocycles. The Morgan fingerprint density at radius 3 is 3.20 bits per heavy atom. The normalized spacial score (nSPS) is 17.9. The highest BCUT2D eigenvalue weighted by Crippen LogP contribution is 2.26. The lowest BCUT2D eigenvalue weighted by Crippen LogP contribution is -2.28. The lowest BCUT2D eigenvalue weighted by molar-refractivity contribution is 0.0426. The molecule has 2 heterocycles. The van der Waals surface area contributed by atoms with Gasteiger partial charge in [0.25, 0.3) is 0 Å². The number of aromatic nitrogens is 3. The number of nitrogens with one attached hydrogen (secondary N) is 1. The summed E-state index contributed by atoms with van der Waals surface area (Å²) in [4.78, 5) is 0. The van der Waals surface area contributed by atoms with Crippen LogP contribution in [-0.4, -0.2) is 34.7 Å². The van der Waals surface area contributed by atoms with Crippen LogP contribution in [0.25, 0.3) is 0 Å². The smallest absolute Gasteiger partial charge is 0.0952 e. The molecule has 2 aromatic rings. The predicted molar refractivity (Wildman–Crippen MR) is 76.3 cm³/mol. The number of hydrogen-bond acceptors (Lipinski definition) is 4. The Kier molecular flexibility index (Phi) is 4.40. The van der Waals surface area contributed by atoms with Gasteiger partial charge in [0.15, 0.2) is 0 Å². The monoisotopic (exact) mass is 272 g/mol. The molecule has 0 bridgehead atoms. The van der Waals surface area contributed by atoms with E-state index in [2.05, 4.69) is 39.9 Å². The van der Waals surface area contributed by atoms with Crippen LogP contribution in [0.15, 0.2) is 36.7 Å². The first kappa shape index (κ1) is 13.3. The summed E-state index contributed by atoms with van der Waals surface area (Å²) in [7, 11) is 0. The van der Waals surface area contributed by atoms with Gasteiger partial charge < -0.3 is 10.1 Å². The summed E-state index contributed by atoms with van der Waals surface area (Å²) in [5.74, 6) is 0. The topological polar surface area (TPSA) is 52.0 Å². The van der Waals surface area contributed by atoms with E-state index in [1.165, 1.54) is 11.1 Å². The molecule has 1 aliphatic heterocycles. The molecular formula is C15H20N4O. The van der Waals surface area contributed by atoms with Gasteiger partial charge in [0.1, 0.15) is 0 Å². The van der Waals surface area contributed by atoms with Crippen LogP contribution in [-0.2, 0) is 17.7 Å². The maximum Gasteiger partial charge on any atom is 0.0952 e. The molecule has 0 radical (unpaired) electrons. The first-order valence-corrected chi connectivity index (χ1v) is 7.18. The standard InChI is InChI=1S/C15H20N4O/c1-2-5-14-13(4-1)6-11-20-15(14)12-16-7-3-9-19-10-8-17-18-19/h1-2,4-5,8,10,15-16H,3,6-7,9,11-12H2. The number of nitrogens with zero attached hydrogens (tertiary/aromatic N) is 3. The zero-order valence-corrected chi connectivity index (χ0v) is 11.5. The van der Waals surface area contributed by atoms with E-state index >= 15 is 0 Å². The quantitative estimate of drug-likeness (QED) is 0.811. The summed E-state index contributed by atoms with van der Waals surface area (Å²) in [6.07, 6.45) is 5.85. The molecule has 1 atom stereocenters. The minimum atomic E-state index is 0.186. The van der Waals surface area contributed by atoms with Crippen molar-refractivity contribution in [3.63, 3.8) is 0 Å². The first-order valence-electron chi connectivity index (χ1n) is 7.18. The van der Waals surface area contributed by atoms with Crippen LogP contribution in [0.1, 0.15) is 23.7 Å². The zero-order valence-electron chi connectivity index (χ0n) is 11.5. The molecule has 0 spiro atoms. The first-order chi connectivity index (χ1) is 9.93. The predicted octanol–water partition coefficient (Wildman–Crippen LogP) is 1.57. The molecule has 0 fully saturated rings. The number of rotatable bonds is 6. The fraction of sp³-hybridized carbons (Fsp3) is 0.467. The van der Waals surface area contributed by atoms with Crippen LogP contribution in [0, 0.1) is 0 Å². The minimum absolute atomic E-state index is 0.186. The van der Waals surface area contributed by atoms with E-state index in [4.69, 9.17) is 4.74 Å². The molecule has 3 rings (SSSR count). The molecule has 0 saturated carbocycles. The summed E-state index contributed by atoms with van der Waals surface area (Å²) in [6, 6.07) is 8.57. The SMILES string of the molecule is c1ccc2c(c1)CCOC2CNCCCn1ccnn1. The van der Waals surface area contributed by atoms with E-state index in [0.717, 1.165) is 39.1 Å². The highest BCUT2D eigenvalue weighted by atomic mass is 16.5. The van der Waals surface area contributed by atoms with E-state index < -0.39 is 0 Å². The van der Waals surface area contributed by atoms with E-state index in [-0.39, 0.29) is 6.10 Å². The second-order valence-electron chi connectivity index (χ2n) is 5.03. The largest absolute Gasteiger partial charge is 0.372 e. The molecule has 0 saturated heterocycles. The van der Waals surface area contributed by atoms with Crippen LogP contribution in [0.4, 0.5) is 0 Å². The fourth-order valence-corrected chi connectivity index (χ4v) is 2.60. The lowest BCUT2D eigenvalue weighted by Gasteiger charge is -2.26. The third-order valence-corrected chi connectivity index (χ3v) is 3.63. The van der Waals surface area contributed by atoms with Gasteiger partial charge in [-0.15, -0.1) is 5.10 Å². The van der Waals surface area contributed by atoms with E-state index in [1.54, 1.807) is 6.20 Å². The molecule has 20 heavy (non-hydrogen) atoms. The average Bonchev–Trinajstić information content (AvgIpc) is 3.00. The summed E-state index contributed by atoms with van der Waals surface area (Å²) in [5.41, 5.74) is 2.76. The van der Waals surface area contributed by atoms with Crippen LogP contribution >= 0.6 is 0 Å². The maximum atomic E-state index is 5.87. The van der Waals surface area contributed by atoms with Crippen molar-refractivity contribution in [3.05, 3.63) is 47.8 Å². The van der Waals surface area contributed by atoms with Crippen molar-refractivity contribution in [1.29, 1.82) is 0 Å². The maximum absolute atomic E-state index is 5.87. The Bertz CT molecular complexity index is 526. The van der Waals surface area contributed by atoms with Gasteiger partial charge in [-0.05, 0) is 30.5 Å². The van der Waals surface area contributed by atoms with Gasteiger partial charge in [-0.1, -0.05) is 29.5 Å². The Morgan fingerprint density at radius 2 is 2.30 bits per heavy atom. The minimum Gasteiger partial charge on any atom is -0.372 e. The van der Waals surface area contributed by atoms with Gasteiger partial charge in [-0.25, -0.2) is 0 Å². The van der Waals surface area contributed by atoms with Crippen molar-refractivity contribution >= 4 is 0 Å². The van der Waals surface area contributed by atoms with Gasteiger partial charge in [0.05, 0.1) is 18.9 Å². The van der Waals surface area contributed by atoms with Gasteiger partial charge >= 0.3 is 0 Å². The number of ether oxygens (including phenoxy) is 1. The Labute approximate surface area is 118 Å². The van der Waals surface area contributed by atoms with Crippen LogP contribution in [0.5, 0.6) is 0 Å². The average molecular weight is 272 g/mol. The summed E-state index contributed by atoms with van der Waals surface area (Å²) >= 11 is 0. The number of aryl methyl sites for hydroxylation is 1. The third kappa shape index (κ3) is 3.23. The molecule has 5 nitrogen and oxygen atoms in total. The molecular weight excluding hydrogens is 252 g/mol. The van der Waals surface area contributed by atoms with E-state index in [9.17, 15) is 0 Å². The number of benzene rings is 1. The molecule has 1 aliphatic rings. The third-order valence-electron chi connectivity index (χ3n) is 3.63. The molecule has 106 valence electrons. The van der Waals surface area contributed by atoms with Crippen LogP contribution in [0.2, 0.25) is 0 Å². The highest BCUT2D eigenvalue weighted by molar-refractivity contribution is 5.31. The number of fused-ring (bicyclic) bond motifs is 1. The Hall–Kier alpha value is -1.72. The van der Waals surface area contributed by atoms with Crippen LogP contribution in [0.3, 0.4) is 0 Å². The van der Waals surface area contributed by atoms with Gasteiger partial charge in [0, 0.05) is 19.3 Å². The number of hydrogen-bond donors (Lipinski definition) is 1. The second kappa shape index (κ2) is 6.63. The molecule has 1 N–H and O–H groups in total. The molecule has 1 aromatic heterocycles. The Balaban J connectivity index is 1.43. The Morgan fingerprint density at radius 1 is 1.35 bits per heavy atom. The van der Waals surface area contributed by atoms with Crippen molar-refractivity contribution in [3.8, 4) is 0 Å². The molecule has 5 heteroatoms. The van der Waals surface area contributed by atoms with Crippen molar-refractivity contribution < 1.29 is 4.74 Å². The molecule has 1 unspecified atom stereocenters. The van der Waals surface area contributed by atoms with Crippen molar-refractivity contribution in [2.45, 2.75) is 25.5 Å². The van der Waals surface area contributed by atoms with E-state index in [0.29, 0.717) is 0 Å². The van der Waals surface area contributed by atoms with Gasteiger partial charge in [-0.3, -0.25) is 4.68 Å². The van der Waals surface area contributed by atoms with Crippen molar-refractivity contribution in [2.24, 2.45) is 0 Å². The van der Waals surface area contributed by atoms with Crippen LogP contribution < -0.4 is 5.32 Å². The highest BCUT2D eigenvalue weighted by Gasteiger charge is 2.19. The molecule has 1 aromatic carbocycles. The zero-order chi connectivity index (χ0) is 13.6. The molecule has 0 amide bonds. The van der Waals surface area contributed by atoms with E-state index in [1.807, 2.05) is 10.9 Å². The lowest BCUT2D eigenvalue weighted by atomic mass is 9.97. The van der Waals surface area contributed by atoms with Crippen molar-refractivity contribution in [2.75, 3.05) is 19.7 Å². The second-order valence-corrected chi connectivity index (χ2v) is 5.03.